The summed E-state index contributed by atoms with van der Waals surface area (Å²) in [5.41, 5.74) is -0.321. The molecule has 13 nitrogen and oxygen atoms in total. The fourth-order valence-electron chi connectivity index (χ4n) is 4.76. The number of hydrogen-bond donors (Lipinski definition) is 4. The molecule has 0 saturated heterocycles. The Morgan fingerprint density at radius 2 is 1.79 bits per heavy atom. The minimum absolute atomic E-state index is 0.0201. The Balaban J connectivity index is 1.79. The fraction of sp³-hybridized carbons (Fsp3) is 0.593. The highest BCUT2D eigenvalue weighted by molar-refractivity contribution is 5.76. The minimum Gasteiger partial charge on any atom is -0.393 e. The predicted molar refractivity (Wildman–Crippen MR) is 144 cm³/mol. The first kappa shape index (κ1) is 35.4. The lowest BCUT2D eigenvalue weighted by Crippen LogP contribution is -2.42. The lowest BCUT2D eigenvalue weighted by molar-refractivity contribution is -0.766. The van der Waals surface area contributed by atoms with E-state index in [0.717, 1.165) is 12.1 Å². The van der Waals surface area contributed by atoms with Gasteiger partial charge in [-0.2, -0.15) is 13.2 Å². The monoisotopic (exact) mass is 619 g/mol. The molecule has 0 aromatic heterocycles. The number of nitrogens with zero attached hydrogens (tertiary/aromatic N) is 2. The van der Waals surface area contributed by atoms with Crippen molar-refractivity contribution in [2.75, 3.05) is 13.2 Å². The second kappa shape index (κ2) is 17.4. The molecule has 43 heavy (non-hydrogen) atoms. The Kier molecular flexibility index (Phi) is 14.3. The highest BCUT2D eigenvalue weighted by Gasteiger charge is 2.39. The number of rotatable bonds is 18. The molecule has 1 aliphatic rings. The zero-order valence-corrected chi connectivity index (χ0v) is 23.2. The number of unbranched alkanes of at least 4 members (excludes halogenated alkanes) is 1. The summed E-state index contributed by atoms with van der Waals surface area (Å²) in [4.78, 5) is 41.1. The van der Waals surface area contributed by atoms with E-state index in [1.165, 1.54) is 12.1 Å². The van der Waals surface area contributed by atoms with Crippen LogP contribution in [0.2, 0.25) is 0 Å². The third-order valence-electron chi connectivity index (χ3n) is 6.93. The quantitative estimate of drug-likeness (QED) is 0.0821. The van der Waals surface area contributed by atoms with Crippen LogP contribution in [0.5, 0.6) is 0 Å². The highest BCUT2D eigenvalue weighted by atomic mass is 19.4. The van der Waals surface area contributed by atoms with Crippen molar-refractivity contribution in [3.8, 4) is 0 Å². The van der Waals surface area contributed by atoms with E-state index in [2.05, 4.69) is 15.0 Å². The summed E-state index contributed by atoms with van der Waals surface area (Å²) in [5.74, 6) is -1.30. The molecule has 1 aromatic rings. The number of halogens is 3. The molecular weight excluding hydrogens is 583 g/mol. The van der Waals surface area contributed by atoms with Crippen LogP contribution in [0.15, 0.2) is 48.6 Å². The molecule has 5 atom stereocenters. The van der Waals surface area contributed by atoms with Crippen LogP contribution in [-0.2, 0) is 27.1 Å². The van der Waals surface area contributed by atoms with Gasteiger partial charge in [0.2, 0.25) is 5.91 Å². The van der Waals surface area contributed by atoms with E-state index in [1.807, 2.05) is 0 Å². The number of aliphatic hydroxyl groups excluding tert-OH is 3. The van der Waals surface area contributed by atoms with Gasteiger partial charge in [-0.25, -0.2) is 0 Å². The molecule has 1 aromatic carbocycles. The molecule has 0 spiro atoms. The Morgan fingerprint density at radius 1 is 1.12 bits per heavy atom. The molecule has 0 radical (unpaired) electrons. The van der Waals surface area contributed by atoms with Crippen LogP contribution >= 0.6 is 0 Å². The Hall–Kier alpha value is -3.76. The van der Waals surface area contributed by atoms with E-state index < -0.39 is 71.3 Å². The molecule has 1 saturated carbocycles. The van der Waals surface area contributed by atoms with Crippen LogP contribution in [0.25, 0.3) is 0 Å². The smallest absolute Gasteiger partial charge is 0.393 e. The molecule has 16 heteroatoms. The molecule has 1 amide bonds. The third-order valence-corrected chi connectivity index (χ3v) is 6.93. The summed E-state index contributed by atoms with van der Waals surface area (Å²) in [7, 11) is 0. The normalized spacial score (nSPS) is 21.4. The number of hydrogen-bond acceptors (Lipinski definition) is 10. The van der Waals surface area contributed by atoms with Gasteiger partial charge in [0.15, 0.2) is 0 Å². The fourth-order valence-corrected chi connectivity index (χ4v) is 4.76. The Morgan fingerprint density at radius 3 is 2.42 bits per heavy atom. The molecule has 1 fully saturated rings. The average Bonchev–Trinajstić information content (AvgIpc) is 3.20. The topological polar surface area (TPSA) is 195 Å². The van der Waals surface area contributed by atoms with Crippen LogP contribution in [0.4, 0.5) is 13.2 Å². The van der Waals surface area contributed by atoms with Crippen molar-refractivity contribution in [2.45, 2.75) is 75.5 Å². The zero-order valence-electron chi connectivity index (χ0n) is 23.2. The van der Waals surface area contributed by atoms with Crippen molar-refractivity contribution in [2.24, 2.45) is 11.8 Å². The second-order valence-electron chi connectivity index (χ2n) is 10.2. The zero-order chi connectivity index (χ0) is 32.0. The molecule has 2 rings (SSSR count). The Labute approximate surface area is 245 Å². The number of nitrogens with one attached hydrogen (secondary N) is 1. The first-order valence-electron chi connectivity index (χ1n) is 13.6. The number of carbonyl (C=O) groups excluding carboxylic acids is 1. The van der Waals surface area contributed by atoms with Crippen LogP contribution in [0.1, 0.15) is 49.7 Å². The summed E-state index contributed by atoms with van der Waals surface area (Å²) in [6, 6.07) is 3.79. The number of carbonyl (C=O) groups is 1. The van der Waals surface area contributed by atoms with Gasteiger partial charge in [0.1, 0.15) is 13.2 Å². The summed E-state index contributed by atoms with van der Waals surface area (Å²) in [6.07, 6.45) is 1.47. The molecule has 0 heterocycles. The molecule has 1 aliphatic carbocycles. The Bertz CT molecular complexity index is 1100. The van der Waals surface area contributed by atoms with E-state index in [0.29, 0.717) is 24.8 Å². The summed E-state index contributed by atoms with van der Waals surface area (Å²) < 4.78 is 38.7. The maximum absolute atomic E-state index is 12.9. The molecule has 240 valence electrons. The minimum atomic E-state index is -4.45. The molecule has 0 bridgehead atoms. The van der Waals surface area contributed by atoms with Crippen LogP contribution in [-0.4, -0.2) is 69.0 Å². The lowest BCUT2D eigenvalue weighted by atomic mass is 9.89. The van der Waals surface area contributed by atoms with Gasteiger partial charge in [0.05, 0.1) is 29.9 Å². The van der Waals surface area contributed by atoms with Gasteiger partial charge in [0, 0.05) is 18.8 Å². The molecule has 4 N–H and O–H groups in total. The van der Waals surface area contributed by atoms with Crippen molar-refractivity contribution in [3.05, 3.63) is 79.9 Å². The number of aliphatic hydroxyl groups is 3. The van der Waals surface area contributed by atoms with Crippen LogP contribution in [0.3, 0.4) is 0 Å². The third kappa shape index (κ3) is 13.4. The van der Waals surface area contributed by atoms with Crippen LogP contribution in [0, 0.1) is 32.1 Å². The summed E-state index contributed by atoms with van der Waals surface area (Å²) >= 11 is 0. The predicted octanol–water partition coefficient (Wildman–Crippen LogP) is 2.93. The molecular formula is C27H36F3N3O10. The lowest BCUT2D eigenvalue weighted by Gasteiger charge is -2.19. The van der Waals surface area contributed by atoms with Gasteiger partial charge in [-0.05, 0) is 49.7 Å². The van der Waals surface area contributed by atoms with Crippen molar-refractivity contribution < 1.29 is 53.1 Å². The standard InChI is InChI=1S/C27H36F3N3O10/c28-27(29,30)19-7-5-6-18(14-19)10-11-21(34)12-13-23-22(24(35)15-25(23)36)8-3-1-2-4-9-26(37)31-20(16-42-32(38)39)17-43-33(40)41/h1,3,5-7,12-14,20-25,34-36H,2,4,8-11,15-17H2,(H,31,37)/b3-1-,13-12+/t21-,22+,23+,24-,25+/m0/s1. The molecule has 0 unspecified atom stereocenters. The van der Waals surface area contributed by atoms with Gasteiger partial charge in [-0.3, -0.25) is 4.79 Å². The van der Waals surface area contributed by atoms with Crippen molar-refractivity contribution >= 4 is 5.91 Å². The number of allylic oxidation sites excluding steroid dienone is 2. The van der Waals surface area contributed by atoms with Crippen molar-refractivity contribution in [1.82, 2.24) is 5.32 Å². The largest absolute Gasteiger partial charge is 0.416 e. The van der Waals surface area contributed by atoms with E-state index in [1.54, 1.807) is 24.3 Å². The van der Waals surface area contributed by atoms with Crippen LogP contribution < -0.4 is 5.32 Å². The van der Waals surface area contributed by atoms with E-state index in [4.69, 9.17) is 0 Å². The van der Waals surface area contributed by atoms with Gasteiger partial charge >= 0.3 is 6.18 Å². The first-order chi connectivity index (χ1) is 20.3. The number of amides is 1. The SMILES string of the molecule is O=C(CCC/C=C\C[C@@H]1[C@@H](/C=C/[C@@H](O)CCc2cccc(C(F)(F)F)c2)[C@H](O)C[C@@H]1O)NC(CO[N+](=O)[O-])CO[N+](=O)[O-]. The maximum atomic E-state index is 12.9. The van der Waals surface area contributed by atoms with Gasteiger partial charge in [0.25, 0.3) is 10.2 Å². The number of benzene rings is 1. The first-order valence-corrected chi connectivity index (χ1v) is 13.6. The van der Waals surface area contributed by atoms with Gasteiger partial charge < -0.3 is 30.3 Å². The molecule has 0 aliphatic heterocycles. The summed E-state index contributed by atoms with van der Waals surface area (Å²) in [5, 5.41) is 52.0. The second-order valence-corrected chi connectivity index (χ2v) is 10.2. The van der Waals surface area contributed by atoms with Gasteiger partial charge in [-0.1, -0.05) is 42.5 Å². The number of aryl methyl sites for hydroxylation is 1. The van der Waals surface area contributed by atoms with Crippen molar-refractivity contribution in [1.29, 1.82) is 0 Å². The maximum Gasteiger partial charge on any atom is 0.416 e. The summed E-state index contributed by atoms with van der Waals surface area (Å²) in [6.45, 7) is -1.24. The van der Waals surface area contributed by atoms with Gasteiger partial charge in [-0.15, -0.1) is 20.2 Å². The highest BCUT2D eigenvalue weighted by Crippen LogP contribution is 2.36. The van der Waals surface area contributed by atoms with Crippen molar-refractivity contribution in [3.63, 3.8) is 0 Å². The average molecular weight is 620 g/mol. The van der Waals surface area contributed by atoms with E-state index in [9.17, 15) is 53.5 Å². The van der Waals surface area contributed by atoms with E-state index >= 15 is 0 Å². The van der Waals surface area contributed by atoms with E-state index in [-0.39, 0.29) is 31.6 Å². The number of alkyl halides is 3.